The first kappa shape index (κ1) is 18.9. The van der Waals surface area contributed by atoms with E-state index in [1.54, 1.807) is 12.1 Å². The van der Waals surface area contributed by atoms with Gasteiger partial charge in [-0.15, -0.1) is 0 Å². The van der Waals surface area contributed by atoms with Gasteiger partial charge in [-0.1, -0.05) is 70.5 Å². The number of carbonyl (C=O) groups is 2. The number of hydrogen-bond donors (Lipinski definition) is 1. The Hall–Kier alpha value is -2.92. The number of benzene rings is 3. The molecule has 0 unspecified atom stereocenters. The smallest absolute Gasteiger partial charge is 0.325 e. The molecule has 0 heterocycles. The molecule has 3 aromatic rings. The van der Waals surface area contributed by atoms with Gasteiger partial charge >= 0.3 is 5.97 Å². The minimum absolute atomic E-state index is 0.171. The summed E-state index contributed by atoms with van der Waals surface area (Å²) in [6, 6.07) is 24.7. The first-order valence-corrected chi connectivity index (χ1v) is 9.25. The van der Waals surface area contributed by atoms with Crippen molar-refractivity contribution in [2.75, 3.05) is 6.54 Å². The van der Waals surface area contributed by atoms with E-state index in [2.05, 4.69) is 21.2 Å². The number of ether oxygens (including phenoxy) is 1. The van der Waals surface area contributed by atoms with E-state index in [-0.39, 0.29) is 19.1 Å². The van der Waals surface area contributed by atoms with Crippen molar-refractivity contribution in [3.05, 3.63) is 94.5 Å². The van der Waals surface area contributed by atoms with Crippen LogP contribution in [0.1, 0.15) is 15.9 Å². The Labute approximate surface area is 166 Å². The van der Waals surface area contributed by atoms with Crippen LogP contribution in [0.25, 0.3) is 11.1 Å². The average Bonchev–Trinajstić information content (AvgIpc) is 2.72. The molecule has 3 rings (SSSR count). The van der Waals surface area contributed by atoms with Crippen LogP contribution >= 0.6 is 15.9 Å². The van der Waals surface area contributed by atoms with E-state index in [0.29, 0.717) is 5.56 Å². The predicted octanol–water partition coefficient (Wildman–Crippen LogP) is 4.59. The average molecular weight is 424 g/mol. The highest BCUT2D eigenvalue weighted by Gasteiger charge is 2.09. The summed E-state index contributed by atoms with van der Waals surface area (Å²) in [7, 11) is 0. The molecule has 3 aromatic carbocycles. The fourth-order valence-corrected chi connectivity index (χ4v) is 2.76. The van der Waals surface area contributed by atoms with E-state index in [1.165, 1.54) is 0 Å². The topological polar surface area (TPSA) is 55.4 Å². The molecule has 0 radical (unpaired) electrons. The number of esters is 1. The lowest BCUT2D eigenvalue weighted by molar-refractivity contribution is -0.143. The van der Waals surface area contributed by atoms with Gasteiger partial charge in [0.15, 0.2) is 0 Å². The molecule has 0 aromatic heterocycles. The molecular weight excluding hydrogens is 406 g/mol. The van der Waals surface area contributed by atoms with Crippen LogP contribution in [0.15, 0.2) is 83.3 Å². The minimum atomic E-state index is -0.479. The van der Waals surface area contributed by atoms with E-state index < -0.39 is 5.97 Å². The fourth-order valence-electron chi connectivity index (χ4n) is 2.49. The fraction of sp³-hybridized carbons (Fsp3) is 0.0909. The third-order valence-corrected chi connectivity index (χ3v) is 4.49. The molecule has 0 saturated heterocycles. The van der Waals surface area contributed by atoms with Crippen LogP contribution in [-0.2, 0) is 16.1 Å². The van der Waals surface area contributed by atoms with Gasteiger partial charge in [0.1, 0.15) is 13.2 Å². The molecular formula is C22H18BrNO3. The highest BCUT2D eigenvalue weighted by Crippen LogP contribution is 2.19. The first-order chi connectivity index (χ1) is 13.1. The molecule has 4 nitrogen and oxygen atoms in total. The van der Waals surface area contributed by atoms with E-state index in [4.69, 9.17) is 4.74 Å². The second-order valence-electron chi connectivity index (χ2n) is 5.91. The van der Waals surface area contributed by atoms with Crippen molar-refractivity contribution in [1.82, 2.24) is 5.32 Å². The van der Waals surface area contributed by atoms with E-state index in [1.807, 2.05) is 66.7 Å². The molecule has 5 heteroatoms. The SMILES string of the molecule is O=C(CNC(=O)c1ccc(-c2ccccc2)cc1)OCc1ccc(Br)cc1. The van der Waals surface area contributed by atoms with Crippen molar-refractivity contribution in [3.63, 3.8) is 0 Å². The molecule has 0 atom stereocenters. The van der Waals surface area contributed by atoms with Gasteiger partial charge in [0.05, 0.1) is 0 Å². The number of halogens is 1. The molecule has 0 bridgehead atoms. The molecule has 0 aliphatic heterocycles. The molecule has 0 aliphatic carbocycles. The third-order valence-electron chi connectivity index (χ3n) is 3.96. The standard InChI is InChI=1S/C22H18BrNO3/c23-20-12-6-16(7-13-20)15-27-21(25)14-24-22(26)19-10-8-18(9-11-19)17-4-2-1-3-5-17/h1-13H,14-15H2,(H,24,26). The molecule has 27 heavy (non-hydrogen) atoms. The zero-order valence-electron chi connectivity index (χ0n) is 14.5. The Bertz CT molecular complexity index is 907. The third kappa shape index (κ3) is 5.53. The van der Waals surface area contributed by atoms with Crippen LogP contribution in [0, 0.1) is 0 Å². The van der Waals surface area contributed by atoms with Gasteiger partial charge in [0, 0.05) is 10.0 Å². The zero-order chi connectivity index (χ0) is 19.1. The van der Waals surface area contributed by atoms with Crippen LogP contribution in [0.2, 0.25) is 0 Å². The summed E-state index contributed by atoms with van der Waals surface area (Å²) >= 11 is 3.35. The van der Waals surface area contributed by atoms with Crippen LogP contribution in [-0.4, -0.2) is 18.4 Å². The molecule has 1 N–H and O–H groups in total. The number of nitrogens with one attached hydrogen (secondary N) is 1. The normalized spacial score (nSPS) is 10.3. The zero-order valence-corrected chi connectivity index (χ0v) is 16.1. The van der Waals surface area contributed by atoms with Gasteiger partial charge in [-0.3, -0.25) is 9.59 Å². The van der Waals surface area contributed by atoms with Crippen molar-refractivity contribution in [2.45, 2.75) is 6.61 Å². The van der Waals surface area contributed by atoms with Gasteiger partial charge < -0.3 is 10.1 Å². The van der Waals surface area contributed by atoms with Crippen LogP contribution in [0.3, 0.4) is 0 Å². The van der Waals surface area contributed by atoms with E-state index >= 15 is 0 Å². The summed E-state index contributed by atoms with van der Waals surface area (Å²) in [6.07, 6.45) is 0. The predicted molar refractivity (Wildman–Crippen MR) is 108 cm³/mol. The Morgan fingerprint density at radius 2 is 1.44 bits per heavy atom. The molecule has 136 valence electrons. The first-order valence-electron chi connectivity index (χ1n) is 8.45. The van der Waals surface area contributed by atoms with E-state index in [0.717, 1.165) is 21.2 Å². The minimum Gasteiger partial charge on any atom is -0.460 e. The van der Waals surface area contributed by atoms with Gasteiger partial charge in [-0.05, 0) is 41.0 Å². The Morgan fingerprint density at radius 1 is 0.815 bits per heavy atom. The lowest BCUT2D eigenvalue weighted by Crippen LogP contribution is -2.30. The van der Waals surface area contributed by atoms with Crippen LogP contribution in [0.4, 0.5) is 0 Å². The molecule has 0 fully saturated rings. The van der Waals surface area contributed by atoms with Crippen molar-refractivity contribution >= 4 is 27.8 Å². The van der Waals surface area contributed by atoms with Crippen LogP contribution < -0.4 is 5.32 Å². The summed E-state index contributed by atoms with van der Waals surface area (Å²) in [5.74, 6) is -0.789. The van der Waals surface area contributed by atoms with Crippen molar-refractivity contribution in [2.24, 2.45) is 0 Å². The van der Waals surface area contributed by atoms with Gasteiger partial charge in [0.25, 0.3) is 5.91 Å². The van der Waals surface area contributed by atoms with E-state index in [9.17, 15) is 9.59 Å². The van der Waals surface area contributed by atoms with Gasteiger partial charge in [0.2, 0.25) is 0 Å². The maximum Gasteiger partial charge on any atom is 0.325 e. The monoisotopic (exact) mass is 423 g/mol. The largest absolute Gasteiger partial charge is 0.460 e. The second kappa shape index (κ2) is 9.14. The molecule has 1 amide bonds. The van der Waals surface area contributed by atoms with Crippen molar-refractivity contribution in [3.8, 4) is 11.1 Å². The number of amides is 1. The lowest BCUT2D eigenvalue weighted by atomic mass is 10.0. The maximum atomic E-state index is 12.2. The summed E-state index contributed by atoms with van der Waals surface area (Å²) in [5.41, 5.74) is 3.49. The summed E-state index contributed by atoms with van der Waals surface area (Å²) < 4.78 is 6.12. The van der Waals surface area contributed by atoms with Gasteiger partial charge in [-0.25, -0.2) is 0 Å². The Kier molecular flexibility index (Phi) is 6.39. The lowest BCUT2D eigenvalue weighted by Gasteiger charge is -2.08. The van der Waals surface area contributed by atoms with Crippen molar-refractivity contribution < 1.29 is 14.3 Å². The summed E-state index contributed by atoms with van der Waals surface area (Å²) in [4.78, 5) is 24.0. The highest BCUT2D eigenvalue weighted by molar-refractivity contribution is 9.10. The van der Waals surface area contributed by atoms with Gasteiger partial charge in [-0.2, -0.15) is 0 Å². The molecule has 0 aliphatic rings. The molecule has 0 saturated carbocycles. The van der Waals surface area contributed by atoms with Crippen LogP contribution in [0.5, 0.6) is 0 Å². The quantitative estimate of drug-likeness (QED) is 0.589. The number of hydrogen-bond acceptors (Lipinski definition) is 3. The second-order valence-corrected chi connectivity index (χ2v) is 6.83. The summed E-state index contributed by atoms with van der Waals surface area (Å²) in [5, 5.41) is 2.58. The molecule has 0 spiro atoms. The Balaban J connectivity index is 1.48. The Morgan fingerprint density at radius 3 is 2.11 bits per heavy atom. The number of carbonyl (C=O) groups excluding carboxylic acids is 2. The maximum absolute atomic E-state index is 12.2. The van der Waals surface area contributed by atoms with Crippen molar-refractivity contribution in [1.29, 1.82) is 0 Å². The summed E-state index contributed by atoms with van der Waals surface area (Å²) in [6.45, 7) is 0.00353. The number of rotatable bonds is 6. The highest BCUT2D eigenvalue weighted by atomic mass is 79.9.